The molecule has 0 spiro atoms. The Morgan fingerprint density at radius 2 is 0.718 bits per heavy atom. The molecule has 1 fully saturated rings. The van der Waals surface area contributed by atoms with Gasteiger partial charge in [-0.3, -0.25) is 4.79 Å². The number of esters is 6. The van der Waals surface area contributed by atoms with Crippen LogP contribution in [0.3, 0.4) is 0 Å². The van der Waals surface area contributed by atoms with Crippen molar-refractivity contribution in [3.05, 3.63) is 0 Å². The van der Waals surface area contributed by atoms with E-state index >= 15 is 0 Å². The molecule has 7 unspecified atom stereocenters. The molecule has 0 aromatic carbocycles. The van der Waals surface area contributed by atoms with Crippen molar-refractivity contribution in [3.63, 3.8) is 0 Å². The molecule has 1 rings (SSSR count). The van der Waals surface area contributed by atoms with Crippen molar-refractivity contribution in [2.24, 2.45) is 0 Å². The van der Waals surface area contributed by atoms with Crippen molar-refractivity contribution in [2.75, 3.05) is 6.61 Å². The van der Waals surface area contributed by atoms with Crippen LogP contribution in [-0.4, -0.2) is 90.9 Å². The molecule has 1 aliphatic heterocycles. The summed E-state index contributed by atoms with van der Waals surface area (Å²) in [6.07, 6.45) is -8.60. The van der Waals surface area contributed by atoms with Gasteiger partial charge in [0, 0.05) is 14.5 Å². The lowest BCUT2D eigenvalue weighted by Crippen LogP contribution is -2.39. The minimum atomic E-state index is -1.51. The Morgan fingerprint density at radius 3 is 1.05 bits per heavy atom. The topological polar surface area (TPSA) is 184 Å². The van der Waals surface area contributed by atoms with Crippen LogP contribution in [0, 0.1) is 0 Å². The average molecular weight is 563 g/mol. The van der Waals surface area contributed by atoms with Gasteiger partial charge in [-0.05, 0) is 61.3 Å². The highest BCUT2D eigenvalue weighted by atomic mass is 16.7. The lowest BCUT2D eigenvalue weighted by atomic mass is 10.1. The summed E-state index contributed by atoms with van der Waals surface area (Å²) in [5.41, 5.74) is 0. The van der Waals surface area contributed by atoms with E-state index in [0.717, 1.165) is 6.92 Å². The standard InChI is InChI=1S/C25H36O14.H2/c1-12-19(26)10-8-9-11-33-13(2)20(27)35-15(4)22(29)37-17(6)24(31)39-18(7)25(32)38-16(5)23(30)36-14(3)21(28)34-12;/h12-18H,8-11H2,1-7H3;1H. The van der Waals surface area contributed by atoms with Crippen molar-refractivity contribution in [1.29, 1.82) is 0 Å². The Bertz CT molecular complexity index is 934. The Balaban J connectivity index is 0.0000152. The molecule has 0 N–H and O–H groups in total. The van der Waals surface area contributed by atoms with Gasteiger partial charge in [-0.1, -0.05) is 0 Å². The fourth-order valence-corrected chi connectivity index (χ4v) is 2.86. The second kappa shape index (κ2) is 15.8. The molecule has 39 heavy (non-hydrogen) atoms. The van der Waals surface area contributed by atoms with E-state index in [1.165, 1.54) is 41.5 Å². The van der Waals surface area contributed by atoms with Gasteiger partial charge in [0.05, 0.1) is 0 Å². The van der Waals surface area contributed by atoms with Crippen molar-refractivity contribution in [1.82, 2.24) is 0 Å². The molecular formula is C25H38O14. The molecule has 14 heteroatoms. The van der Waals surface area contributed by atoms with E-state index in [1.54, 1.807) is 0 Å². The molecular weight excluding hydrogens is 524 g/mol. The third-order valence-electron chi connectivity index (χ3n) is 5.39. The zero-order valence-electron chi connectivity index (χ0n) is 23.1. The van der Waals surface area contributed by atoms with Gasteiger partial charge >= 0.3 is 35.8 Å². The van der Waals surface area contributed by atoms with Gasteiger partial charge in [0.15, 0.2) is 48.5 Å². The first-order chi connectivity index (χ1) is 18.1. The molecule has 1 saturated heterocycles. The fourth-order valence-electron chi connectivity index (χ4n) is 2.86. The van der Waals surface area contributed by atoms with Gasteiger partial charge in [-0.2, -0.15) is 0 Å². The van der Waals surface area contributed by atoms with Crippen LogP contribution in [0.25, 0.3) is 0 Å². The van der Waals surface area contributed by atoms with Crippen LogP contribution >= 0.6 is 0 Å². The Hall–Kier alpha value is -3.55. The van der Waals surface area contributed by atoms with Crippen molar-refractivity contribution in [3.8, 4) is 0 Å². The number of ether oxygens (including phenoxy) is 7. The SMILES string of the molecule is CC1OC(=O)C(C)OC(=O)C(C)OC(=O)C(C)OC(=O)C(C)OC(=O)C(C)OC(=O)C(C)OCCCCC1=O.[HH]. The van der Waals surface area contributed by atoms with Crippen molar-refractivity contribution in [2.45, 2.75) is 110 Å². The fraction of sp³-hybridized carbons (Fsp3) is 0.720. The summed E-state index contributed by atoms with van der Waals surface area (Å²) in [5.74, 6) is -6.58. The Kier molecular flexibility index (Phi) is 13.5. The minimum Gasteiger partial charge on any atom is -0.452 e. The van der Waals surface area contributed by atoms with Gasteiger partial charge in [0.1, 0.15) is 0 Å². The summed E-state index contributed by atoms with van der Waals surface area (Å²) in [6.45, 7) is 8.84. The lowest BCUT2D eigenvalue weighted by molar-refractivity contribution is -0.187. The van der Waals surface area contributed by atoms with Crippen LogP contribution in [0.2, 0.25) is 0 Å². The molecule has 0 saturated carbocycles. The Labute approximate surface area is 227 Å². The second-order valence-electron chi connectivity index (χ2n) is 8.91. The highest BCUT2D eigenvalue weighted by molar-refractivity contribution is 5.88. The summed E-state index contributed by atoms with van der Waals surface area (Å²) in [7, 11) is 0. The summed E-state index contributed by atoms with van der Waals surface area (Å²) in [6, 6.07) is 0. The van der Waals surface area contributed by atoms with Crippen molar-refractivity contribution >= 4 is 41.6 Å². The van der Waals surface area contributed by atoms with E-state index in [0.29, 0.717) is 12.8 Å². The van der Waals surface area contributed by atoms with Crippen LogP contribution in [-0.2, 0) is 66.7 Å². The van der Waals surface area contributed by atoms with Gasteiger partial charge < -0.3 is 33.2 Å². The third kappa shape index (κ3) is 11.4. The highest BCUT2D eigenvalue weighted by Gasteiger charge is 2.32. The zero-order valence-corrected chi connectivity index (χ0v) is 23.1. The minimum absolute atomic E-state index is 0. The number of hydrogen-bond donors (Lipinski definition) is 0. The first kappa shape index (κ1) is 33.5. The molecule has 0 aliphatic carbocycles. The van der Waals surface area contributed by atoms with E-state index in [-0.39, 0.29) is 20.2 Å². The second-order valence-corrected chi connectivity index (χ2v) is 8.91. The van der Waals surface area contributed by atoms with E-state index < -0.39 is 78.5 Å². The molecule has 0 radical (unpaired) electrons. The largest absolute Gasteiger partial charge is 0.452 e. The predicted octanol–water partition coefficient (Wildman–Crippen LogP) is 0.981. The molecule has 1 aliphatic rings. The maximum atomic E-state index is 12.3. The lowest BCUT2D eigenvalue weighted by Gasteiger charge is -2.21. The Morgan fingerprint density at radius 1 is 0.436 bits per heavy atom. The molecule has 0 aromatic rings. The van der Waals surface area contributed by atoms with E-state index in [4.69, 9.17) is 33.2 Å². The number of ketones is 1. The molecule has 0 amide bonds. The smallest absolute Gasteiger partial charge is 0.347 e. The van der Waals surface area contributed by atoms with E-state index in [2.05, 4.69) is 0 Å². The zero-order chi connectivity index (χ0) is 29.9. The maximum Gasteiger partial charge on any atom is 0.347 e. The summed E-state index contributed by atoms with van der Waals surface area (Å²) < 4.78 is 35.1. The number of rotatable bonds is 0. The number of carbonyl (C=O) groups excluding carboxylic acids is 7. The van der Waals surface area contributed by atoms with Crippen LogP contribution in [0.4, 0.5) is 0 Å². The number of hydrogen-bond acceptors (Lipinski definition) is 14. The molecule has 0 bridgehead atoms. The first-order valence-corrected chi connectivity index (χ1v) is 12.5. The van der Waals surface area contributed by atoms with E-state index in [9.17, 15) is 33.6 Å². The molecule has 1 heterocycles. The average Bonchev–Trinajstić information content (AvgIpc) is 2.86. The van der Waals surface area contributed by atoms with Gasteiger partial charge in [0.25, 0.3) is 0 Å². The maximum absolute atomic E-state index is 12.3. The van der Waals surface area contributed by atoms with Crippen LogP contribution in [0.5, 0.6) is 0 Å². The van der Waals surface area contributed by atoms with Crippen LogP contribution in [0.1, 0.15) is 69.2 Å². The summed E-state index contributed by atoms with van der Waals surface area (Å²) >= 11 is 0. The molecule has 0 aromatic heterocycles. The molecule has 7 atom stereocenters. The number of Topliss-reactive ketones (excluding diaryl/α,β-unsaturated/α-hetero) is 1. The van der Waals surface area contributed by atoms with Gasteiger partial charge in [0.2, 0.25) is 0 Å². The van der Waals surface area contributed by atoms with Crippen LogP contribution in [0.15, 0.2) is 0 Å². The molecule has 222 valence electrons. The number of carbonyl (C=O) groups is 7. The number of cyclic esters (lactones) is 6. The summed E-state index contributed by atoms with van der Waals surface area (Å²) in [4.78, 5) is 85.7. The van der Waals surface area contributed by atoms with E-state index in [1.807, 2.05) is 0 Å². The monoisotopic (exact) mass is 562 g/mol. The first-order valence-electron chi connectivity index (χ1n) is 12.5. The van der Waals surface area contributed by atoms with Gasteiger partial charge in [-0.15, -0.1) is 0 Å². The quantitative estimate of drug-likeness (QED) is 0.300. The predicted molar refractivity (Wildman–Crippen MR) is 130 cm³/mol. The van der Waals surface area contributed by atoms with Gasteiger partial charge in [-0.25, -0.2) is 28.8 Å². The molecule has 14 nitrogen and oxygen atoms in total. The summed E-state index contributed by atoms with van der Waals surface area (Å²) in [5, 5.41) is 0. The normalized spacial score (nSPS) is 32.3. The van der Waals surface area contributed by atoms with Crippen molar-refractivity contribution < 1.29 is 68.1 Å². The van der Waals surface area contributed by atoms with Crippen LogP contribution < -0.4 is 0 Å². The highest BCUT2D eigenvalue weighted by Crippen LogP contribution is 2.11. The third-order valence-corrected chi connectivity index (χ3v) is 5.39.